The molecule has 1 aliphatic heterocycles. The summed E-state index contributed by atoms with van der Waals surface area (Å²) in [6, 6.07) is 0. The maximum atomic E-state index is 11.9. The van der Waals surface area contributed by atoms with Crippen molar-refractivity contribution in [3.8, 4) is 0 Å². The normalized spacial score (nSPS) is 19.1. The van der Waals surface area contributed by atoms with Gasteiger partial charge in [-0.25, -0.2) is 4.79 Å². The van der Waals surface area contributed by atoms with Crippen molar-refractivity contribution >= 4 is 12.4 Å². The Bertz CT molecular complexity index is 492. The highest BCUT2D eigenvalue weighted by molar-refractivity contribution is 5.70. The molecule has 1 fully saturated rings. The highest BCUT2D eigenvalue weighted by Gasteiger charge is 2.30. The van der Waals surface area contributed by atoms with Crippen LogP contribution in [0.2, 0.25) is 0 Å². The maximum Gasteiger partial charge on any atom is 0.410 e. The molecule has 7 heteroatoms. The molecule has 110 valence electrons. The molecule has 1 aliphatic rings. The predicted molar refractivity (Wildman–Crippen MR) is 71.3 cm³/mol. The summed E-state index contributed by atoms with van der Waals surface area (Å²) in [4.78, 5) is 24.2. The zero-order chi connectivity index (χ0) is 14.8. The van der Waals surface area contributed by atoms with Gasteiger partial charge in [0.15, 0.2) is 6.29 Å². The number of aromatic nitrogens is 3. The second-order valence-electron chi connectivity index (χ2n) is 6.06. The van der Waals surface area contributed by atoms with Crippen molar-refractivity contribution in [2.75, 3.05) is 13.1 Å². The van der Waals surface area contributed by atoms with Crippen LogP contribution < -0.4 is 0 Å². The average molecular weight is 280 g/mol. The molecular formula is C13H20N4O3. The lowest BCUT2D eigenvalue weighted by atomic mass is 10.1. The van der Waals surface area contributed by atoms with Crippen LogP contribution in [0.3, 0.4) is 0 Å². The fourth-order valence-electron chi connectivity index (χ4n) is 2.20. The van der Waals surface area contributed by atoms with Gasteiger partial charge in [0.2, 0.25) is 0 Å². The SMILES string of the molecule is CC(C)(C)OC(=O)N1CC[C@@H](Cn2cc(C=O)nn2)C1. The number of ether oxygens (including phenoxy) is 1. The van der Waals surface area contributed by atoms with Crippen LogP contribution in [0.1, 0.15) is 37.7 Å². The summed E-state index contributed by atoms with van der Waals surface area (Å²) < 4.78 is 6.99. The van der Waals surface area contributed by atoms with E-state index in [9.17, 15) is 9.59 Å². The summed E-state index contributed by atoms with van der Waals surface area (Å²) in [7, 11) is 0. The number of carbonyl (C=O) groups excluding carboxylic acids is 2. The maximum absolute atomic E-state index is 11.9. The standard InChI is InChI=1S/C13H20N4O3/c1-13(2,3)20-12(19)16-5-4-10(6-16)7-17-8-11(9-18)14-15-17/h8-10H,4-7H2,1-3H3/t10-/m1/s1. The molecule has 2 rings (SSSR count). The minimum absolute atomic E-state index is 0.271. The van der Waals surface area contributed by atoms with Crippen LogP contribution in [-0.4, -0.2) is 51.0 Å². The quantitative estimate of drug-likeness (QED) is 0.781. The van der Waals surface area contributed by atoms with E-state index in [1.165, 1.54) is 0 Å². The van der Waals surface area contributed by atoms with Crippen LogP contribution in [0, 0.1) is 5.92 Å². The van der Waals surface area contributed by atoms with Crippen molar-refractivity contribution in [3.05, 3.63) is 11.9 Å². The van der Waals surface area contributed by atoms with E-state index in [4.69, 9.17) is 4.74 Å². The molecule has 7 nitrogen and oxygen atoms in total. The van der Waals surface area contributed by atoms with Gasteiger partial charge in [-0.2, -0.15) is 0 Å². The van der Waals surface area contributed by atoms with Gasteiger partial charge in [0.25, 0.3) is 0 Å². The van der Waals surface area contributed by atoms with Crippen LogP contribution in [0.15, 0.2) is 6.20 Å². The lowest BCUT2D eigenvalue weighted by molar-refractivity contribution is 0.0286. The summed E-state index contributed by atoms with van der Waals surface area (Å²) in [6.45, 7) is 7.55. The number of aldehydes is 1. The molecule has 0 radical (unpaired) electrons. The van der Waals surface area contributed by atoms with Crippen molar-refractivity contribution in [1.29, 1.82) is 0 Å². The fraction of sp³-hybridized carbons (Fsp3) is 0.692. The fourth-order valence-corrected chi connectivity index (χ4v) is 2.20. The number of likely N-dealkylation sites (tertiary alicyclic amines) is 1. The van der Waals surface area contributed by atoms with E-state index in [1.807, 2.05) is 20.8 Å². The van der Waals surface area contributed by atoms with E-state index in [0.29, 0.717) is 37.5 Å². The first kappa shape index (κ1) is 14.5. The number of rotatable bonds is 3. The summed E-state index contributed by atoms with van der Waals surface area (Å²) in [5.41, 5.74) is -0.146. The Morgan fingerprint density at radius 1 is 1.55 bits per heavy atom. The lowest BCUT2D eigenvalue weighted by Crippen LogP contribution is -2.35. The first-order valence-electron chi connectivity index (χ1n) is 6.70. The third-order valence-electron chi connectivity index (χ3n) is 3.06. The molecule has 0 spiro atoms. The van der Waals surface area contributed by atoms with Gasteiger partial charge in [0.05, 0.1) is 6.20 Å². The molecule has 1 saturated heterocycles. The third-order valence-corrected chi connectivity index (χ3v) is 3.06. The molecule has 2 heterocycles. The van der Waals surface area contributed by atoms with Gasteiger partial charge in [0.1, 0.15) is 11.3 Å². The summed E-state index contributed by atoms with van der Waals surface area (Å²) >= 11 is 0. The Kier molecular flexibility index (Phi) is 4.06. The molecule has 1 amide bonds. The third kappa shape index (κ3) is 3.79. The highest BCUT2D eigenvalue weighted by Crippen LogP contribution is 2.20. The van der Waals surface area contributed by atoms with Gasteiger partial charge >= 0.3 is 6.09 Å². The van der Waals surface area contributed by atoms with Gasteiger partial charge in [-0.15, -0.1) is 5.10 Å². The number of carbonyl (C=O) groups is 2. The molecular weight excluding hydrogens is 260 g/mol. The van der Waals surface area contributed by atoms with Crippen LogP contribution in [0.5, 0.6) is 0 Å². The second-order valence-corrected chi connectivity index (χ2v) is 6.06. The molecule has 1 atom stereocenters. The monoisotopic (exact) mass is 280 g/mol. The summed E-state index contributed by atoms with van der Waals surface area (Å²) in [5, 5.41) is 7.60. The van der Waals surface area contributed by atoms with Crippen LogP contribution in [0.4, 0.5) is 4.79 Å². The van der Waals surface area contributed by atoms with Crippen molar-refractivity contribution in [2.45, 2.75) is 39.3 Å². The Morgan fingerprint density at radius 2 is 2.30 bits per heavy atom. The molecule has 0 saturated carbocycles. The first-order valence-corrected chi connectivity index (χ1v) is 6.70. The van der Waals surface area contributed by atoms with E-state index in [1.54, 1.807) is 15.8 Å². The van der Waals surface area contributed by atoms with E-state index in [0.717, 1.165) is 6.42 Å². The Hall–Kier alpha value is -1.92. The molecule has 1 aromatic heterocycles. The summed E-state index contributed by atoms with van der Waals surface area (Å²) in [5.74, 6) is 0.309. The van der Waals surface area contributed by atoms with Crippen molar-refractivity contribution < 1.29 is 14.3 Å². The molecule has 0 unspecified atom stereocenters. The average Bonchev–Trinajstić information content (AvgIpc) is 2.96. The van der Waals surface area contributed by atoms with Crippen molar-refractivity contribution in [3.63, 3.8) is 0 Å². The molecule has 0 aromatic carbocycles. The topological polar surface area (TPSA) is 77.3 Å². The van der Waals surface area contributed by atoms with Crippen molar-refractivity contribution in [2.24, 2.45) is 5.92 Å². The van der Waals surface area contributed by atoms with Crippen LogP contribution in [0.25, 0.3) is 0 Å². The van der Waals surface area contributed by atoms with Gasteiger partial charge < -0.3 is 9.64 Å². The number of nitrogens with zero attached hydrogens (tertiary/aromatic N) is 4. The molecule has 0 N–H and O–H groups in total. The smallest absolute Gasteiger partial charge is 0.410 e. The molecule has 1 aromatic rings. The minimum atomic E-state index is -0.472. The molecule has 0 aliphatic carbocycles. The highest BCUT2D eigenvalue weighted by atomic mass is 16.6. The van der Waals surface area contributed by atoms with Crippen molar-refractivity contribution in [1.82, 2.24) is 19.9 Å². The van der Waals surface area contributed by atoms with E-state index in [-0.39, 0.29) is 6.09 Å². The predicted octanol–water partition coefficient (Wildman–Crippen LogP) is 1.35. The Morgan fingerprint density at radius 3 is 2.90 bits per heavy atom. The van der Waals surface area contributed by atoms with Gasteiger partial charge in [-0.3, -0.25) is 9.48 Å². The van der Waals surface area contributed by atoms with Gasteiger partial charge in [0, 0.05) is 19.6 Å². The van der Waals surface area contributed by atoms with Gasteiger partial charge in [-0.05, 0) is 33.1 Å². The molecule has 0 bridgehead atoms. The molecule has 20 heavy (non-hydrogen) atoms. The van der Waals surface area contributed by atoms with E-state index < -0.39 is 5.60 Å². The van der Waals surface area contributed by atoms with Gasteiger partial charge in [-0.1, -0.05) is 5.21 Å². The largest absolute Gasteiger partial charge is 0.444 e. The Labute approximate surface area is 117 Å². The van der Waals surface area contributed by atoms with E-state index >= 15 is 0 Å². The minimum Gasteiger partial charge on any atom is -0.444 e. The lowest BCUT2D eigenvalue weighted by Gasteiger charge is -2.24. The van der Waals surface area contributed by atoms with E-state index in [2.05, 4.69) is 10.3 Å². The summed E-state index contributed by atoms with van der Waals surface area (Å²) in [6.07, 6.45) is 2.91. The first-order chi connectivity index (χ1) is 9.37. The number of hydrogen-bond donors (Lipinski definition) is 0. The zero-order valence-corrected chi connectivity index (χ0v) is 12.1. The Balaban J connectivity index is 1.86. The number of hydrogen-bond acceptors (Lipinski definition) is 5. The van der Waals surface area contributed by atoms with Crippen LogP contribution >= 0.6 is 0 Å². The zero-order valence-electron chi connectivity index (χ0n) is 12.1. The van der Waals surface area contributed by atoms with Crippen LogP contribution in [-0.2, 0) is 11.3 Å². The second kappa shape index (κ2) is 5.60. The number of amides is 1.